The quantitative estimate of drug-likeness (QED) is 0.486. The fraction of sp³-hybridized carbons (Fsp3) is 0.600. The van der Waals surface area contributed by atoms with E-state index in [1.54, 1.807) is 6.07 Å². The molecule has 1 aromatic heterocycles. The van der Waals surface area contributed by atoms with Gasteiger partial charge in [0.15, 0.2) is 11.4 Å². The lowest BCUT2D eigenvalue weighted by Crippen LogP contribution is -2.52. The van der Waals surface area contributed by atoms with Crippen molar-refractivity contribution in [2.24, 2.45) is 5.41 Å². The third-order valence-corrected chi connectivity index (χ3v) is 6.06. The Bertz CT molecular complexity index is 958. The minimum absolute atomic E-state index is 0.0560. The average molecular weight is 430 g/mol. The smallest absolute Gasteiger partial charge is 0.336 e. The molecule has 0 spiro atoms. The van der Waals surface area contributed by atoms with Gasteiger partial charge in [-0.3, -0.25) is 4.79 Å². The van der Waals surface area contributed by atoms with Crippen LogP contribution in [0.15, 0.2) is 27.4 Å². The van der Waals surface area contributed by atoms with Gasteiger partial charge in [-0.25, -0.2) is 4.79 Å². The van der Waals surface area contributed by atoms with Gasteiger partial charge in [-0.15, -0.1) is 0 Å². The van der Waals surface area contributed by atoms with E-state index in [0.717, 1.165) is 49.7 Å². The number of nitrogens with zero attached hydrogens (tertiary/aromatic N) is 1. The van der Waals surface area contributed by atoms with Crippen LogP contribution in [0.5, 0.6) is 5.75 Å². The molecule has 0 N–H and O–H groups in total. The summed E-state index contributed by atoms with van der Waals surface area (Å²) in [5.41, 5.74) is 0.188. The third kappa shape index (κ3) is 5.01. The number of carbonyl (C=O) groups excluding carboxylic acids is 1. The van der Waals surface area contributed by atoms with Gasteiger partial charge < -0.3 is 18.8 Å². The molecule has 0 amide bonds. The molecule has 0 saturated heterocycles. The first-order chi connectivity index (χ1) is 15.0. The minimum atomic E-state index is -0.832. The molecule has 170 valence electrons. The van der Waals surface area contributed by atoms with E-state index in [1.807, 2.05) is 19.9 Å². The summed E-state index contributed by atoms with van der Waals surface area (Å²) in [6, 6.07) is 5.11. The Balaban J connectivity index is 2.05. The highest BCUT2D eigenvalue weighted by Gasteiger charge is 2.47. The molecular weight excluding hydrogens is 394 g/mol. The molecule has 1 aromatic carbocycles. The maximum atomic E-state index is 14.0. The minimum Gasteiger partial charge on any atom is -0.491 e. The molecule has 0 bridgehead atoms. The molecule has 0 saturated carbocycles. The highest BCUT2D eigenvalue weighted by atomic mass is 16.5. The summed E-state index contributed by atoms with van der Waals surface area (Å²) in [6.07, 6.45) is 4.36. The van der Waals surface area contributed by atoms with Crippen molar-refractivity contribution in [3.05, 3.63) is 39.7 Å². The summed E-state index contributed by atoms with van der Waals surface area (Å²) >= 11 is 0. The monoisotopic (exact) mass is 429 g/mol. The Morgan fingerprint density at radius 3 is 2.45 bits per heavy atom. The molecule has 6 heteroatoms. The fourth-order valence-corrected chi connectivity index (χ4v) is 4.28. The van der Waals surface area contributed by atoms with Crippen molar-refractivity contribution in [1.82, 2.24) is 4.90 Å². The largest absolute Gasteiger partial charge is 0.491 e. The second-order valence-electron chi connectivity index (χ2n) is 8.58. The zero-order valence-electron chi connectivity index (χ0n) is 19.3. The summed E-state index contributed by atoms with van der Waals surface area (Å²) in [7, 11) is 0. The van der Waals surface area contributed by atoms with Crippen molar-refractivity contribution in [2.75, 3.05) is 39.5 Å². The van der Waals surface area contributed by atoms with Gasteiger partial charge in [0.1, 0.15) is 23.3 Å². The van der Waals surface area contributed by atoms with Crippen molar-refractivity contribution < 1.29 is 18.7 Å². The van der Waals surface area contributed by atoms with E-state index in [9.17, 15) is 9.59 Å². The summed E-state index contributed by atoms with van der Waals surface area (Å²) < 4.78 is 17.5. The number of ether oxygens (including phenoxy) is 2. The van der Waals surface area contributed by atoms with Crippen LogP contribution >= 0.6 is 0 Å². The van der Waals surface area contributed by atoms with Crippen LogP contribution in [-0.4, -0.2) is 50.1 Å². The van der Waals surface area contributed by atoms with Crippen LogP contribution in [0.25, 0.3) is 11.0 Å². The topological polar surface area (TPSA) is 69.0 Å². The number of fused-ring (bicyclic) bond motifs is 3. The van der Waals surface area contributed by atoms with E-state index in [4.69, 9.17) is 13.9 Å². The average Bonchev–Trinajstić information content (AvgIpc) is 2.76. The van der Waals surface area contributed by atoms with Gasteiger partial charge in [0, 0.05) is 24.6 Å². The van der Waals surface area contributed by atoms with Crippen LogP contribution < -0.4 is 10.4 Å². The van der Waals surface area contributed by atoms with Crippen LogP contribution in [0.4, 0.5) is 0 Å². The molecule has 0 aliphatic carbocycles. The lowest BCUT2D eigenvalue weighted by molar-refractivity contribution is -0.00285. The maximum absolute atomic E-state index is 14.0. The summed E-state index contributed by atoms with van der Waals surface area (Å²) in [5.74, 6) is 0.423. The lowest BCUT2D eigenvalue weighted by Gasteiger charge is -2.40. The van der Waals surface area contributed by atoms with E-state index in [-0.39, 0.29) is 19.0 Å². The molecule has 1 unspecified atom stereocenters. The molecule has 31 heavy (non-hydrogen) atoms. The van der Waals surface area contributed by atoms with Crippen molar-refractivity contribution >= 4 is 16.8 Å². The molecule has 0 radical (unpaired) electrons. The van der Waals surface area contributed by atoms with E-state index < -0.39 is 11.0 Å². The predicted octanol–water partition coefficient (Wildman–Crippen LogP) is 4.60. The highest BCUT2D eigenvalue weighted by molar-refractivity contribution is 6.12. The number of carbonyl (C=O) groups is 1. The van der Waals surface area contributed by atoms with Crippen molar-refractivity contribution in [2.45, 2.75) is 53.4 Å². The van der Waals surface area contributed by atoms with Crippen molar-refractivity contribution in [3.63, 3.8) is 0 Å². The number of benzene rings is 1. The first-order valence-corrected chi connectivity index (χ1v) is 11.5. The Morgan fingerprint density at radius 2 is 1.81 bits per heavy atom. The zero-order chi connectivity index (χ0) is 22.4. The van der Waals surface area contributed by atoms with Crippen LogP contribution in [0, 0.1) is 12.3 Å². The lowest BCUT2D eigenvalue weighted by atomic mass is 9.78. The second kappa shape index (κ2) is 10.4. The maximum Gasteiger partial charge on any atom is 0.336 e. The number of Topliss-reactive ketones (excluding diaryl/α,β-unsaturated/α-hetero) is 1. The van der Waals surface area contributed by atoms with Gasteiger partial charge in [0.2, 0.25) is 0 Å². The number of hydrogen-bond acceptors (Lipinski definition) is 6. The summed E-state index contributed by atoms with van der Waals surface area (Å²) in [6.45, 7) is 11.6. The predicted molar refractivity (Wildman–Crippen MR) is 122 cm³/mol. The Labute approximate surface area is 184 Å². The number of rotatable bonds is 11. The van der Waals surface area contributed by atoms with Gasteiger partial charge in [-0.1, -0.05) is 26.7 Å². The molecule has 3 rings (SSSR count). The molecule has 2 aromatic rings. The van der Waals surface area contributed by atoms with E-state index in [2.05, 4.69) is 18.7 Å². The zero-order valence-corrected chi connectivity index (χ0v) is 19.3. The van der Waals surface area contributed by atoms with Gasteiger partial charge >= 0.3 is 5.63 Å². The SMILES string of the molecule is CCCCN(CCCC)CC1(COCC)COc2ccc3c(C)cc(=O)oc3c2C1=O. The van der Waals surface area contributed by atoms with E-state index >= 15 is 0 Å². The van der Waals surface area contributed by atoms with E-state index in [1.165, 1.54) is 6.07 Å². The number of hydrogen-bond donors (Lipinski definition) is 0. The molecule has 1 aliphatic rings. The first-order valence-electron chi connectivity index (χ1n) is 11.5. The molecule has 1 aliphatic heterocycles. The Morgan fingerprint density at radius 1 is 1.10 bits per heavy atom. The van der Waals surface area contributed by atoms with Gasteiger partial charge in [-0.05, 0) is 57.5 Å². The molecule has 6 nitrogen and oxygen atoms in total. The van der Waals surface area contributed by atoms with Crippen LogP contribution in [-0.2, 0) is 4.74 Å². The number of aryl methyl sites for hydroxylation is 1. The van der Waals surface area contributed by atoms with Crippen LogP contribution in [0.3, 0.4) is 0 Å². The van der Waals surface area contributed by atoms with Crippen molar-refractivity contribution in [1.29, 1.82) is 0 Å². The normalized spacial score (nSPS) is 18.4. The Kier molecular flexibility index (Phi) is 7.89. The third-order valence-electron chi connectivity index (χ3n) is 6.06. The molecule has 1 atom stereocenters. The van der Waals surface area contributed by atoms with Gasteiger partial charge in [0.05, 0.1) is 6.61 Å². The molecule has 0 fully saturated rings. The highest BCUT2D eigenvalue weighted by Crippen LogP contribution is 2.40. The standard InChI is InChI=1S/C25H35NO5/c1-5-8-12-26(13-9-6-2)15-25(16-29-7-3)17-30-20-11-10-19-18(4)14-21(27)31-23(19)22(20)24(25)28/h10-11,14H,5-9,12-13,15-17H2,1-4H3. The van der Waals surface area contributed by atoms with Gasteiger partial charge in [0.25, 0.3) is 0 Å². The Hall–Kier alpha value is -2.18. The van der Waals surface area contributed by atoms with Crippen LogP contribution in [0.1, 0.15) is 62.4 Å². The van der Waals surface area contributed by atoms with E-state index in [0.29, 0.717) is 30.0 Å². The summed E-state index contributed by atoms with van der Waals surface area (Å²) in [5, 5.41) is 0.760. The molecule has 2 heterocycles. The van der Waals surface area contributed by atoms with Gasteiger partial charge in [-0.2, -0.15) is 0 Å². The fourth-order valence-electron chi connectivity index (χ4n) is 4.28. The second-order valence-corrected chi connectivity index (χ2v) is 8.58. The number of ketones is 1. The summed E-state index contributed by atoms with van der Waals surface area (Å²) in [4.78, 5) is 28.5. The number of unbranched alkanes of at least 4 members (excludes halogenated alkanes) is 2. The van der Waals surface area contributed by atoms with Crippen LogP contribution in [0.2, 0.25) is 0 Å². The first kappa shape index (κ1) is 23.5. The van der Waals surface area contributed by atoms with Crippen molar-refractivity contribution in [3.8, 4) is 5.75 Å². The molecular formula is C25H35NO5.